The molecule has 0 aliphatic heterocycles. The molecular weight excluding hydrogens is 611 g/mol. The fraction of sp³-hybridized carbons (Fsp3) is 0.379. The molecule has 0 atom stereocenters. The summed E-state index contributed by atoms with van der Waals surface area (Å²) in [5, 5.41) is 0. The Bertz CT molecular complexity index is 1400. The Morgan fingerprint density at radius 2 is 1.41 bits per heavy atom. The van der Waals surface area contributed by atoms with Gasteiger partial charge in [0.25, 0.3) is 0 Å². The summed E-state index contributed by atoms with van der Waals surface area (Å²) in [7, 11) is 8.65. The zero-order chi connectivity index (χ0) is 28.1. The van der Waals surface area contributed by atoms with Gasteiger partial charge in [-0.1, -0.05) is 0 Å². The molecule has 2 heterocycles. The van der Waals surface area contributed by atoms with Crippen molar-refractivity contribution in [2.45, 2.75) is 33.5 Å². The summed E-state index contributed by atoms with van der Waals surface area (Å²) in [6.07, 6.45) is 0. The van der Waals surface area contributed by atoms with E-state index in [1.807, 2.05) is 57.3 Å². The first kappa shape index (κ1) is 28.8. The van der Waals surface area contributed by atoms with Crippen molar-refractivity contribution in [3.05, 3.63) is 62.6 Å². The average molecular weight is 647 g/mol. The topological polar surface area (TPSA) is 80.1 Å². The van der Waals surface area contributed by atoms with Crippen LogP contribution in [0.1, 0.15) is 29.6 Å². The standard InChI is InChI=1S/C29H35IN4O5/c1-8-39-17-25-32-27-28(33(25)3)26(30)18(2)31-29(27)34(15-19-9-11-21(35-4)13-23(19)37-6)16-20-10-12-22(36-5)14-24(20)38-7/h9-14H,8,15-17H2,1-7H3. The number of hydrogen-bond acceptors (Lipinski definition) is 8. The highest BCUT2D eigenvalue weighted by molar-refractivity contribution is 14.1. The highest BCUT2D eigenvalue weighted by Crippen LogP contribution is 2.35. The largest absolute Gasteiger partial charge is 0.497 e. The van der Waals surface area contributed by atoms with E-state index >= 15 is 0 Å². The Kier molecular flexibility index (Phi) is 9.39. The van der Waals surface area contributed by atoms with E-state index in [0.717, 1.165) is 66.1 Å². The molecule has 0 aliphatic rings. The third kappa shape index (κ3) is 6.01. The molecule has 0 unspecified atom stereocenters. The van der Waals surface area contributed by atoms with Crippen LogP contribution in [0.3, 0.4) is 0 Å². The minimum Gasteiger partial charge on any atom is -0.497 e. The maximum Gasteiger partial charge on any atom is 0.157 e. The third-order valence-electron chi connectivity index (χ3n) is 6.64. The van der Waals surface area contributed by atoms with Gasteiger partial charge in [0.2, 0.25) is 0 Å². The van der Waals surface area contributed by atoms with Gasteiger partial charge < -0.3 is 33.2 Å². The molecule has 4 aromatic rings. The average Bonchev–Trinajstić information content (AvgIpc) is 3.29. The van der Waals surface area contributed by atoms with Crippen molar-refractivity contribution in [1.29, 1.82) is 0 Å². The lowest BCUT2D eigenvalue weighted by atomic mass is 10.1. The van der Waals surface area contributed by atoms with Gasteiger partial charge in [0.05, 0.1) is 43.2 Å². The molecule has 0 saturated heterocycles. The number of aromatic nitrogens is 3. The van der Waals surface area contributed by atoms with Crippen LogP contribution >= 0.6 is 22.6 Å². The number of imidazole rings is 1. The van der Waals surface area contributed by atoms with Crippen LogP contribution in [-0.4, -0.2) is 49.6 Å². The number of rotatable bonds is 12. The number of ether oxygens (including phenoxy) is 5. The van der Waals surface area contributed by atoms with Crippen molar-refractivity contribution < 1.29 is 23.7 Å². The first-order valence-electron chi connectivity index (χ1n) is 12.6. The number of methoxy groups -OCH3 is 4. The van der Waals surface area contributed by atoms with Crippen LogP contribution < -0.4 is 23.8 Å². The molecule has 0 spiro atoms. The van der Waals surface area contributed by atoms with Crippen molar-refractivity contribution in [2.75, 3.05) is 39.9 Å². The quantitative estimate of drug-likeness (QED) is 0.183. The van der Waals surface area contributed by atoms with Crippen LogP contribution in [-0.2, 0) is 31.5 Å². The summed E-state index contributed by atoms with van der Waals surface area (Å²) < 4.78 is 31.2. The Hall–Kier alpha value is -3.25. The van der Waals surface area contributed by atoms with Crippen LogP contribution in [0.4, 0.5) is 5.82 Å². The van der Waals surface area contributed by atoms with Crippen LogP contribution in [0.15, 0.2) is 36.4 Å². The maximum atomic E-state index is 5.74. The molecule has 0 saturated carbocycles. The molecule has 0 aliphatic carbocycles. The predicted molar refractivity (Wildman–Crippen MR) is 160 cm³/mol. The molecule has 4 rings (SSSR count). The summed E-state index contributed by atoms with van der Waals surface area (Å²) in [4.78, 5) is 12.3. The van der Waals surface area contributed by atoms with E-state index < -0.39 is 0 Å². The number of pyridine rings is 1. The first-order chi connectivity index (χ1) is 18.8. The highest BCUT2D eigenvalue weighted by Gasteiger charge is 2.24. The first-order valence-corrected chi connectivity index (χ1v) is 13.7. The van der Waals surface area contributed by atoms with Gasteiger partial charge in [0, 0.05) is 50.0 Å². The Morgan fingerprint density at radius 1 is 0.846 bits per heavy atom. The van der Waals surface area contributed by atoms with Gasteiger partial charge in [0.15, 0.2) is 5.82 Å². The van der Waals surface area contributed by atoms with Gasteiger partial charge in [-0.3, -0.25) is 0 Å². The second-order valence-corrected chi connectivity index (χ2v) is 10.0. The summed E-state index contributed by atoms with van der Waals surface area (Å²) in [5.74, 6) is 4.55. The summed E-state index contributed by atoms with van der Waals surface area (Å²) in [6, 6.07) is 11.7. The van der Waals surface area contributed by atoms with E-state index in [0.29, 0.717) is 26.3 Å². The Labute approximate surface area is 243 Å². The van der Waals surface area contributed by atoms with E-state index in [1.165, 1.54) is 0 Å². The SMILES string of the molecule is CCOCc1nc2c(N(Cc3ccc(OC)cc3OC)Cc3ccc(OC)cc3OC)nc(C)c(I)c2n1C. The predicted octanol–water partition coefficient (Wildman–Crippen LogP) is 5.66. The molecule has 2 aromatic carbocycles. The number of benzene rings is 2. The molecule has 10 heteroatoms. The van der Waals surface area contributed by atoms with Crippen LogP contribution in [0, 0.1) is 10.5 Å². The lowest BCUT2D eigenvalue weighted by Crippen LogP contribution is -2.25. The molecule has 39 heavy (non-hydrogen) atoms. The van der Waals surface area contributed by atoms with E-state index in [9.17, 15) is 0 Å². The summed E-state index contributed by atoms with van der Waals surface area (Å²) in [6.45, 7) is 6.08. The monoisotopic (exact) mass is 646 g/mol. The highest BCUT2D eigenvalue weighted by atomic mass is 127. The smallest absolute Gasteiger partial charge is 0.157 e. The molecule has 0 fully saturated rings. The molecule has 0 amide bonds. The second kappa shape index (κ2) is 12.7. The fourth-order valence-corrected chi connectivity index (χ4v) is 5.25. The lowest BCUT2D eigenvalue weighted by Gasteiger charge is -2.27. The number of anilines is 1. The maximum absolute atomic E-state index is 5.74. The van der Waals surface area contributed by atoms with Gasteiger partial charge in [-0.15, -0.1) is 0 Å². The number of aryl methyl sites for hydroxylation is 2. The normalized spacial score (nSPS) is 11.1. The van der Waals surface area contributed by atoms with Crippen molar-refractivity contribution in [3.63, 3.8) is 0 Å². The molecule has 0 bridgehead atoms. The summed E-state index contributed by atoms with van der Waals surface area (Å²) in [5.41, 5.74) is 4.76. The number of hydrogen-bond donors (Lipinski definition) is 0. The van der Waals surface area contributed by atoms with Crippen molar-refractivity contribution in [1.82, 2.24) is 14.5 Å². The van der Waals surface area contributed by atoms with Gasteiger partial charge in [-0.25, -0.2) is 9.97 Å². The molecule has 2 aromatic heterocycles. The molecule has 208 valence electrons. The van der Waals surface area contributed by atoms with E-state index in [-0.39, 0.29) is 0 Å². The van der Waals surface area contributed by atoms with Gasteiger partial charge in [0.1, 0.15) is 40.9 Å². The number of nitrogens with zero attached hydrogens (tertiary/aromatic N) is 4. The zero-order valence-corrected chi connectivity index (χ0v) is 25.7. The van der Waals surface area contributed by atoms with E-state index in [2.05, 4.69) is 32.1 Å². The van der Waals surface area contributed by atoms with Crippen LogP contribution in [0.5, 0.6) is 23.0 Å². The number of halogens is 1. The fourth-order valence-electron chi connectivity index (χ4n) is 4.51. The number of fused-ring (bicyclic) bond motifs is 1. The van der Waals surface area contributed by atoms with Gasteiger partial charge in [-0.2, -0.15) is 0 Å². The summed E-state index contributed by atoms with van der Waals surface area (Å²) >= 11 is 2.35. The lowest BCUT2D eigenvalue weighted by molar-refractivity contribution is 0.126. The van der Waals surface area contributed by atoms with Crippen molar-refractivity contribution in [2.24, 2.45) is 7.05 Å². The third-order valence-corrected chi connectivity index (χ3v) is 7.94. The molecule has 0 N–H and O–H groups in total. The molecule has 0 radical (unpaired) electrons. The van der Waals surface area contributed by atoms with Crippen LogP contribution in [0.2, 0.25) is 0 Å². The minimum atomic E-state index is 0.425. The van der Waals surface area contributed by atoms with Crippen LogP contribution in [0.25, 0.3) is 11.0 Å². The Morgan fingerprint density at radius 3 is 1.90 bits per heavy atom. The van der Waals surface area contributed by atoms with E-state index in [4.69, 9.17) is 33.7 Å². The minimum absolute atomic E-state index is 0.425. The second-order valence-electron chi connectivity index (χ2n) is 8.97. The van der Waals surface area contributed by atoms with Crippen molar-refractivity contribution >= 4 is 39.4 Å². The molecular formula is C29H35IN4O5. The Balaban J connectivity index is 1.89. The van der Waals surface area contributed by atoms with Gasteiger partial charge in [-0.05, 0) is 60.7 Å². The molecule has 9 nitrogen and oxygen atoms in total. The van der Waals surface area contributed by atoms with Crippen molar-refractivity contribution in [3.8, 4) is 23.0 Å². The van der Waals surface area contributed by atoms with Gasteiger partial charge >= 0.3 is 0 Å². The van der Waals surface area contributed by atoms with E-state index in [1.54, 1.807) is 28.4 Å². The zero-order valence-electron chi connectivity index (χ0n) is 23.5.